The molecule has 0 spiro atoms. The zero-order valence-electron chi connectivity index (χ0n) is 13.7. The summed E-state index contributed by atoms with van der Waals surface area (Å²) in [5.74, 6) is 0. The van der Waals surface area contributed by atoms with Gasteiger partial charge in [-0.25, -0.2) is 0 Å². The molecule has 21 heavy (non-hydrogen) atoms. The number of benzene rings is 2. The van der Waals surface area contributed by atoms with E-state index in [1.807, 2.05) is 0 Å². The molecule has 1 N–H and O–H groups in total. The van der Waals surface area contributed by atoms with Crippen molar-refractivity contribution < 1.29 is 0 Å². The first kappa shape index (κ1) is 15.8. The van der Waals surface area contributed by atoms with E-state index in [0.717, 1.165) is 19.4 Å². The van der Waals surface area contributed by atoms with Crippen LogP contribution in [0.3, 0.4) is 0 Å². The molecule has 0 radical (unpaired) electrons. The fourth-order valence-electron chi connectivity index (χ4n) is 2.73. The lowest BCUT2D eigenvalue weighted by molar-refractivity contribution is 0.596. The number of nitrogens with one attached hydrogen (secondary N) is 1. The lowest BCUT2D eigenvalue weighted by Gasteiger charge is -2.22. The van der Waals surface area contributed by atoms with E-state index in [1.165, 1.54) is 27.8 Å². The minimum atomic E-state index is 0.288. The van der Waals surface area contributed by atoms with Gasteiger partial charge in [-0.05, 0) is 61.1 Å². The van der Waals surface area contributed by atoms with E-state index >= 15 is 0 Å². The van der Waals surface area contributed by atoms with Crippen molar-refractivity contribution in [2.24, 2.45) is 0 Å². The third-order valence-corrected chi connectivity index (χ3v) is 4.28. The average molecular weight is 281 g/mol. The molecule has 0 heterocycles. The summed E-state index contributed by atoms with van der Waals surface area (Å²) in [6.07, 6.45) is 2.24. The Kier molecular flexibility index (Phi) is 5.58. The Hall–Kier alpha value is -1.60. The summed E-state index contributed by atoms with van der Waals surface area (Å²) in [6.45, 7) is 9.87. The highest BCUT2D eigenvalue weighted by atomic mass is 14.9. The van der Waals surface area contributed by atoms with Gasteiger partial charge in [0.05, 0.1) is 6.04 Å². The summed E-state index contributed by atoms with van der Waals surface area (Å²) >= 11 is 0. The Balaban J connectivity index is 2.39. The highest BCUT2D eigenvalue weighted by Crippen LogP contribution is 2.27. The molecule has 2 aromatic rings. The Labute approximate surface area is 129 Å². The molecule has 0 bridgehead atoms. The molecule has 1 heteroatoms. The molecular formula is C20H27N. The largest absolute Gasteiger partial charge is 0.306 e. The monoisotopic (exact) mass is 281 g/mol. The maximum Gasteiger partial charge on any atom is 0.0579 e. The number of rotatable bonds is 6. The zero-order chi connectivity index (χ0) is 15.2. The fourth-order valence-corrected chi connectivity index (χ4v) is 2.73. The third kappa shape index (κ3) is 3.74. The predicted octanol–water partition coefficient (Wildman–Crippen LogP) is 4.95. The van der Waals surface area contributed by atoms with Crippen LogP contribution in [0.4, 0.5) is 0 Å². The predicted molar refractivity (Wildman–Crippen MR) is 91.9 cm³/mol. The van der Waals surface area contributed by atoms with Crippen molar-refractivity contribution in [1.29, 1.82) is 0 Å². The molecule has 2 rings (SSSR count). The van der Waals surface area contributed by atoms with Gasteiger partial charge in [-0.1, -0.05) is 56.3 Å². The Morgan fingerprint density at radius 2 is 1.67 bits per heavy atom. The molecule has 0 aliphatic carbocycles. The summed E-state index contributed by atoms with van der Waals surface area (Å²) < 4.78 is 0. The molecule has 0 aliphatic rings. The second-order valence-electron chi connectivity index (χ2n) is 5.77. The molecule has 0 aromatic heterocycles. The lowest BCUT2D eigenvalue weighted by atomic mass is 9.92. The van der Waals surface area contributed by atoms with Gasteiger partial charge in [0.15, 0.2) is 0 Å². The van der Waals surface area contributed by atoms with Crippen LogP contribution in [-0.2, 0) is 6.42 Å². The van der Waals surface area contributed by atoms with E-state index in [-0.39, 0.29) is 6.04 Å². The SMILES string of the molecule is CCCNC(c1ccc(CC)cc1)c1cccc(C)c1C. The minimum absolute atomic E-state index is 0.288. The van der Waals surface area contributed by atoms with Crippen molar-refractivity contribution in [3.8, 4) is 0 Å². The van der Waals surface area contributed by atoms with Gasteiger partial charge in [-0.2, -0.15) is 0 Å². The van der Waals surface area contributed by atoms with Crippen molar-refractivity contribution in [3.05, 3.63) is 70.3 Å². The Morgan fingerprint density at radius 1 is 0.952 bits per heavy atom. The quantitative estimate of drug-likeness (QED) is 0.789. The van der Waals surface area contributed by atoms with E-state index in [9.17, 15) is 0 Å². The first-order chi connectivity index (χ1) is 10.2. The van der Waals surface area contributed by atoms with Crippen molar-refractivity contribution >= 4 is 0 Å². The second-order valence-corrected chi connectivity index (χ2v) is 5.77. The van der Waals surface area contributed by atoms with E-state index in [1.54, 1.807) is 0 Å². The van der Waals surface area contributed by atoms with Gasteiger partial charge in [-0.3, -0.25) is 0 Å². The molecule has 1 unspecified atom stereocenters. The zero-order valence-corrected chi connectivity index (χ0v) is 13.7. The van der Waals surface area contributed by atoms with Crippen LogP contribution in [0.2, 0.25) is 0 Å². The molecule has 1 atom stereocenters. The van der Waals surface area contributed by atoms with Crippen LogP contribution in [0.25, 0.3) is 0 Å². The van der Waals surface area contributed by atoms with Crippen molar-refractivity contribution in [2.45, 2.75) is 46.6 Å². The van der Waals surface area contributed by atoms with E-state index in [4.69, 9.17) is 0 Å². The Bertz CT molecular complexity index is 569. The van der Waals surface area contributed by atoms with Crippen LogP contribution in [0.1, 0.15) is 54.1 Å². The van der Waals surface area contributed by atoms with Gasteiger partial charge in [0.2, 0.25) is 0 Å². The molecule has 0 saturated heterocycles. The summed E-state index contributed by atoms with van der Waals surface area (Å²) in [6, 6.07) is 15.9. The van der Waals surface area contributed by atoms with Gasteiger partial charge >= 0.3 is 0 Å². The number of aryl methyl sites for hydroxylation is 2. The van der Waals surface area contributed by atoms with Crippen LogP contribution >= 0.6 is 0 Å². The maximum absolute atomic E-state index is 3.71. The molecular weight excluding hydrogens is 254 g/mol. The lowest BCUT2D eigenvalue weighted by Crippen LogP contribution is -2.24. The summed E-state index contributed by atoms with van der Waals surface area (Å²) in [5.41, 5.74) is 6.91. The van der Waals surface area contributed by atoms with Crippen LogP contribution in [-0.4, -0.2) is 6.54 Å². The van der Waals surface area contributed by atoms with Gasteiger partial charge in [0, 0.05) is 0 Å². The van der Waals surface area contributed by atoms with Gasteiger partial charge in [-0.15, -0.1) is 0 Å². The van der Waals surface area contributed by atoms with E-state index in [2.05, 4.69) is 75.5 Å². The smallest absolute Gasteiger partial charge is 0.0579 e. The number of hydrogen-bond acceptors (Lipinski definition) is 1. The minimum Gasteiger partial charge on any atom is -0.306 e. The molecule has 112 valence electrons. The van der Waals surface area contributed by atoms with Gasteiger partial charge in [0.25, 0.3) is 0 Å². The van der Waals surface area contributed by atoms with E-state index in [0.29, 0.717) is 0 Å². The molecule has 0 saturated carbocycles. The Morgan fingerprint density at radius 3 is 2.29 bits per heavy atom. The average Bonchev–Trinajstić information content (AvgIpc) is 2.52. The number of hydrogen-bond donors (Lipinski definition) is 1. The molecule has 0 aliphatic heterocycles. The molecule has 0 amide bonds. The highest BCUT2D eigenvalue weighted by Gasteiger charge is 2.16. The van der Waals surface area contributed by atoms with Crippen molar-refractivity contribution in [1.82, 2.24) is 5.32 Å². The summed E-state index contributed by atoms with van der Waals surface area (Å²) in [7, 11) is 0. The van der Waals surface area contributed by atoms with Crippen molar-refractivity contribution in [2.75, 3.05) is 6.54 Å². The van der Waals surface area contributed by atoms with Crippen molar-refractivity contribution in [3.63, 3.8) is 0 Å². The van der Waals surface area contributed by atoms with Gasteiger partial charge in [0.1, 0.15) is 0 Å². The molecule has 0 fully saturated rings. The second kappa shape index (κ2) is 7.42. The van der Waals surface area contributed by atoms with Crippen LogP contribution < -0.4 is 5.32 Å². The molecule has 2 aromatic carbocycles. The third-order valence-electron chi connectivity index (χ3n) is 4.28. The van der Waals surface area contributed by atoms with Crippen LogP contribution in [0.5, 0.6) is 0 Å². The first-order valence-electron chi connectivity index (χ1n) is 8.05. The standard InChI is InChI=1S/C20H27N/c1-5-14-21-20(18-12-10-17(6-2)11-13-18)19-9-7-8-15(3)16(19)4/h7-13,20-21H,5-6,14H2,1-4H3. The van der Waals surface area contributed by atoms with Crippen LogP contribution in [0.15, 0.2) is 42.5 Å². The van der Waals surface area contributed by atoms with E-state index < -0.39 is 0 Å². The topological polar surface area (TPSA) is 12.0 Å². The normalized spacial score (nSPS) is 12.4. The molecule has 1 nitrogen and oxygen atoms in total. The maximum atomic E-state index is 3.71. The summed E-state index contributed by atoms with van der Waals surface area (Å²) in [4.78, 5) is 0. The highest BCUT2D eigenvalue weighted by molar-refractivity contribution is 5.41. The first-order valence-corrected chi connectivity index (χ1v) is 8.05. The van der Waals surface area contributed by atoms with Gasteiger partial charge < -0.3 is 5.32 Å². The fraction of sp³-hybridized carbons (Fsp3) is 0.400. The summed E-state index contributed by atoms with van der Waals surface area (Å²) in [5, 5.41) is 3.71. The van der Waals surface area contributed by atoms with Crippen LogP contribution in [0, 0.1) is 13.8 Å².